The Morgan fingerprint density at radius 3 is 2.83 bits per heavy atom. The molecule has 3 nitrogen and oxygen atoms in total. The zero-order chi connectivity index (χ0) is 15.4. The van der Waals surface area contributed by atoms with Gasteiger partial charge >= 0.3 is 0 Å². The zero-order valence-electron chi connectivity index (χ0n) is 13.6. The maximum atomic E-state index is 12.9. The van der Waals surface area contributed by atoms with Crippen LogP contribution in [0, 0.1) is 0 Å². The summed E-state index contributed by atoms with van der Waals surface area (Å²) >= 11 is 0. The van der Waals surface area contributed by atoms with Crippen LogP contribution in [0.4, 0.5) is 0 Å². The standard InChI is InChI=1S/C19H24N2O.ClH/c1-2-3-9-16-14-21(13-12-20-16)19(22)18-11-6-8-15-7-4-5-10-17(15)18;/h4-8,10-11,16,20H,2-3,9,12-14H2,1H3;1H. The molecule has 1 saturated heterocycles. The Morgan fingerprint density at radius 2 is 2.00 bits per heavy atom. The normalized spacial score (nSPS) is 17.8. The van der Waals surface area contributed by atoms with Gasteiger partial charge in [-0.15, -0.1) is 12.4 Å². The fourth-order valence-electron chi connectivity index (χ4n) is 3.24. The van der Waals surface area contributed by atoms with Crippen LogP contribution in [0.15, 0.2) is 42.5 Å². The molecule has 124 valence electrons. The number of hydrogen-bond acceptors (Lipinski definition) is 2. The van der Waals surface area contributed by atoms with Crippen molar-refractivity contribution in [3.8, 4) is 0 Å². The summed E-state index contributed by atoms with van der Waals surface area (Å²) in [4.78, 5) is 14.9. The molecule has 4 heteroatoms. The van der Waals surface area contributed by atoms with Gasteiger partial charge in [-0.3, -0.25) is 4.79 Å². The summed E-state index contributed by atoms with van der Waals surface area (Å²) in [6, 6.07) is 14.6. The minimum absolute atomic E-state index is 0. The van der Waals surface area contributed by atoms with E-state index < -0.39 is 0 Å². The molecule has 0 radical (unpaired) electrons. The molecule has 1 aliphatic heterocycles. The van der Waals surface area contributed by atoms with Crippen LogP contribution in [0.5, 0.6) is 0 Å². The van der Waals surface area contributed by atoms with E-state index in [1.54, 1.807) is 0 Å². The molecule has 0 bridgehead atoms. The molecule has 0 aromatic heterocycles. The summed E-state index contributed by atoms with van der Waals surface area (Å²) in [6.07, 6.45) is 3.57. The molecule has 2 aromatic rings. The van der Waals surface area contributed by atoms with Crippen molar-refractivity contribution in [2.24, 2.45) is 0 Å². The van der Waals surface area contributed by atoms with Gasteiger partial charge in [0.05, 0.1) is 0 Å². The topological polar surface area (TPSA) is 32.3 Å². The van der Waals surface area contributed by atoms with Crippen LogP contribution >= 0.6 is 12.4 Å². The number of unbranched alkanes of at least 4 members (excludes halogenated alkanes) is 1. The van der Waals surface area contributed by atoms with Crippen molar-refractivity contribution in [3.63, 3.8) is 0 Å². The van der Waals surface area contributed by atoms with E-state index in [-0.39, 0.29) is 18.3 Å². The second-order valence-electron chi connectivity index (χ2n) is 6.07. The number of benzene rings is 2. The van der Waals surface area contributed by atoms with Crippen LogP contribution in [-0.4, -0.2) is 36.5 Å². The van der Waals surface area contributed by atoms with Gasteiger partial charge in [0.15, 0.2) is 0 Å². The predicted molar refractivity (Wildman–Crippen MR) is 98.4 cm³/mol. The average molecular weight is 333 g/mol. The second-order valence-corrected chi connectivity index (χ2v) is 6.07. The highest BCUT2D eigenvalue weighted by Crippen LogP contribution is 2.21. The van der Waals surface area contributed by atoms with E-state index in [2.05, 4.69) is 24.4 Å². The number of amides is 1. The van der Waals surface area contributed by atoms with Crippen LogP contribution < -0.4 is 5.32 Å². The first-order valence-corrected chi connectivity index (χ1v) is 8.30. The molecule has 1 N–H and O–H groups in total. The van der Waals surface area contributed by atoms with Gasteiger partial charge in [-0.05, 0) is 23.3 Å². The van der Waals surface area contributed by atoms with E-state index >= 15 is 0 Å². The summed E-state index contributed by atoms with van der Waals surface area (Å²) in [5.41, 5.74) is 0.828. The summed E-state index contributed by atoms with van der Waals surface area (Å²) in [7, 11) is 0. The minimum atomic E-state index is 0. The molecular weight excluding hydrogens is 308 g/mol. The first-order valence-electron chi connectivity index (χ1n) is 8.30. The number of halogens is 1. The summed E-state index contributed by atoms with van der Waals surface area (Å²) in [5, 5.41) is 5.72. The molecule has 1 atom stereocenters. The van der Waals surface area contributed by atoms with Crippen LogP contribution in [0.2, 0.25) is 0 Å². The Hall–Kier alpha value is -1.58. The van der Waals surface area contributed by atoms with E-state index in [4.69, 9.17) is 0 Å². The van der Waals surface area contributed by atoms with Gasteiger partial charge in [-0.2, -0.15) is 0 Å². The molecule has 3 rings (SSSR count). The van der Waals surface area contributed by atoms with Crippen LogP contribution in [0.1, 0.15) is 36.5 Å². The van der Waals surface area contributed by atoms with Crippen molar-refractivity contribution in [1.82, 2.24) is 10.2 Å². The lowest BCUT2D eigenvalue weighted by Gasteiger charge is -2.34. The van der Waals surface area contributed by atoms with Gasteiger partial charge in [-0.25, -0.2) is 0 Å². The third kappa shape index (κ3) is 4.04. The fourth-order valence-corrected chi connectivity index (χ4v) is 3.24. The monoisotopic (exact) mass is 332 g/mol. The fraction of sp³-hybridized carbons (Fsp3) is 0.421. The molecule has 1 aliphatic rings. The molecular formula is C19H25ClN2O. The molecule has 1 fully saturated rings. The first-order chi connectivity index (χ1) is 10.8. The van der Waals surface area contributed by atoms with Crippen LogP contribution in [0.3, 0.4) is 0 Å². The van der Waals surface area contributed by atoms with E-state index in [1.165, 1.54) is 12.8 Å². The van der Waals surface area contributed by atoms with Gasteiger partial charge in [-0.1, -0.05) is 56.2 Å². The number of rotatable bonds is 4. The third-order valence-corrected chi connectivity index (χ3v) is 4.47. The molecule has 1 heterocycles. The number of fused-ring (bicyclic) bond motifs is 1. The van der Waals surface area contributed by atoms with Crippen molar-refractivity contribution in [3.05, 3.63) is 48.0 Å². The molecule has 23 heavy (non-hydrogen) atoms. The number of nitrogens with one attached hydrogen (secondary N) is 1. The number of carbonyl (C=O) groups excluding carboxylic acids is 1. The highest BCUT2D eigenvalue weighted by atomic mass is 35.5. The lowest BCUT2D eigenvalue weighted by atomic mass is 10.0. The van der Waals surface area contributed by atoms with Crippen molar-refractivity contribution >= 4 is 29.1 Å². The average Bonchev–Trinajstić information content (AvgIpc) is 2.59. The Balaban J connectivity index is 0.00000192. The Kier molecular flexibility index (Phi) is 6.43. The van der Waals surface area contributed by atoms with Crippen LogP contribution in [-0.2, 0) is 0 Å². The highest BCUT2D eigenvalue weighted by molar-refractivity contribution is 6.07. The number of hydrogen-bond donors (Lipinski definition) is 1. The maximum absolute atomic E-state index is 12.9. The minimum Gasteiger partial charge on any atom is -0.336 e. The Bertz CT molecular complexity index is 653. The molecule has 1 amide bonds. The summed E-state index contributed by atoms with van der Waals surface area (Å²) < 4.78 is 0. The zero-order valence-corrected chi connectivity index (χ0v) is 14.4. The summed E-state index contributed by atoms with van der Waals surface area (Å²) in [6.45, 7) is 4.72. The largest absolute Gasteiger partial charge is 0.336 e. The number of piperazine rings is 1. The van der Waals surface area contributed by atoms with Gasteiger partial charge in [0.1, 0.15) is 0 Å². The molecule has 0 spiro atoms. The second kappa shape index (κ2) is 8.32. The van der Waals surface area contributed by atoms with Crippen molar-refractivity contribution in [1.29, 1.82) is 0 Å². The van der Waals surface area contributed by atoms with Crippen LogP contribution in [0.25, 0.3) is 10.8 Å². The Labute approximate surface area is 144 Å². The number of carbonyl (C=O) groups is 1. The van der Waals surface area contributed by atoms with Crippen molar-refractivity contribution < 1.29 is 4.79 Å². The Morgan fingerprint density at radius 1 is 1.22 bits per heavy atom. The lowest BCUT2D eigenvalue weighted by Crippen LogP contribution is -2.52. The van der Waals surface area contributed by atoms with E-state index in [0.29, 0.717) is 6.04 Å². The smallest absolute Gasteiger partial charge is 0.254 e. The lowest BCUT2D eigenvalue weighted by molar-refractivity contribution is 0.0701. The van der Waals surface area contributed by atoms with Gasteiger partial charge < -0.3 is 10.2 Å². The third-order valence-electron chi connectivity index (χ3n) is 4.47. The van der Waals surface area contributed by atoms with E-state index in [9.17, 15) is 4.79 Å². The van der Waals surface area contributed by atoms with E-state index in [1.807, 2.05) is 35.2 Å². The van der Waals surface area contributed by atoms with Gasteiger partial charge in [0, 0.05) is 31.2 Å². The van der Waals surface area contributed by atoms with Gasteiger partial charge in [0.25, 0.3) is 5.91 Å². The first kappa shape index (κ1) is 17.8. The highest BCUT2D eigenvalue weighted by Gasteiger charge is 2.24. The predicted octanol–water partition coefficient (Wildman–Crippen LogP) is 3.87. The quantitative estimate of drug-likeness (QED) is 0.922. The van der Waals surface area contributed by atoms with Crippen molar-refractivity contribution in [2.45, 2.75) is 32.2 Å². The maximum Gasteiger partial charge on any atom is 0.254 e. The van der Waals surface area contributed by atoms with E-state index in [0.717, 1.165) is 42.4 Å². The summed E-state index contributed by atoms with van der Waals surface area (Å²) in [5.74, 6) is 0.166. The SMILES string of the molecule is CCCCC1CN(C(=O)c2cccc3ccccc23)CCN1.Cl. The number of nitrogens with zero attached hydrogens (tertiary/aromatic N) is 1. The van der Waals surface area contributed by atoms with Crippen molar-refractivity contribution in [2.75, 3.05) is 19.6 Å². The molecule has 1 unspecified atom stereocenters. The molecule has 0 saturated carbocycles. The van der Waals surface area contributed by atoms with Gasteiger partial charge in [0.2, 0.25) is 0 Å². The molecule has 2 aromatic carbocycles. The molecule has 0 aliphatic carbocycles.